The van der Waals surface area contributed by atoms with Crippen molar-refractivity contribution in [1.82, 2.24) is 4.90 Å². The molecule has 3 aromatic carbocycles. The Labute approximate surface area is 181 Å². The second-order valence-corrected chi connectivity index (χ2v) is 8.46. The first-order valence-electron chi connectivity index (χ1n) is 10.4. The summed E-state index contributed by atoms with van der Waals surface area (Å²) >= 11 is 6.38. The van der Waals surface area contributed by atoms with Crippen molar-refractivity contribution in [3.8, 4) is 5.75 Å². The summed E-state index contributed by atoms with van der Waals surface area (Å²) < 4.78 is 19.6. The van der Waals surface area contributed by atoms with Gasteiger partial charge in [0.2, 0.25) is 0 Å². The van der Waals surface area contributed by atoms with Gasteiger partial charge in [-0.25, -0.2) is 4.39 Å². The fourth-order valence-corrected chi connectivity index (χ4v) is 4.71. The van der Waals surface area contributed by atoms with Crippen LogP contribution in [-0.4, -0.2) is 30.6 Å². The zero-order valence-electron chi connectivity index (χ0n) is 16.7. The molecule has 0 saturated carbocycles. The van der Waals surface area contributed by atoms with E-state index in [9.17, 15) is 4.39 Å². The fraction of sp³-hybridized carbons (Fsp3) is 0.280. The Morgan fingerprint density at radius 3 is 2.80 bits per heavy atom. The molecule has 1 atom stereocenters. The van der Waals surface area contributed by atoms with Gasteiger partial charge >= 0.3 is 0 Å². The van der Waals surface area contributed by atoms with Crippen LogP contribution in [0.2, 0.25) is 5.02 Å². The van der Waals surface area contributed by atoms with Crippen LogP contribution in [-0.2, 0) is 13.0 Å². The number of benzene rings is 3. The smallest absolute Gasteiger partial charge is 0.143 e. The van der Waals surface area contributed by atoms with Crippen LogP contribution in [0.15, 0.2) is 66.7 Å². The molecule has 2 heterocycles. The summed E-state index contributed by atoms with van der Waals surface area (Å²) in [6.07, 6.45) is 1.91. The van der Waals surface area contributed by atoms with E-state index in [-0.39, 0.29) is 5.82 Å². The molecule has 2 aliphatic rings. The predicted molar refractivity (Wildman–Crippen MR) is 119 cm³/mol. The maximum absolute atomic E-state index is 13.5. The molecule has 1 saturated heterocycles. The summed E-state index contributed by atoms with van der Waals surface area (Å²) in [5.74, 6) is 0.740. The van der Waals surface area contributed by atoms with Gasteiger partial charge in [-0.1, -0.05) is 41.9 Å². The lowest BCUT2D eigenvalue weighted by Crippen LogP contribution is -2.35. The molecule has 5 heteroatoms. The van der Waals surface area contributed by atoms with Crippen molar-refractivity contribution < 1.29 is 9.13 Å². The first-order chi connectivity index (χ1) is 14.7. The van der Waals surface area contributed by atoms with Crippen molar-refractivity contribution in [2.24, 2.45) is 0 Å². The van der Waals surface area contributed by atoms with E-state index in [1.807, 2.05) is 24.3 Å². The Morgan fingerprint density at radius 1 is 1.00 bits per heavy atom. The van der Waals surface area contributed by atoms with Crippen LogP contribution in [0.3, 0.4) is 0 Å². The number of nitrogens with zero attached hydrogens (tertiary/aromatic N) is 2. The Morgan fingerprint density at radius 2 is 1.90 bits per heavy atom. The monoisotopic (exact) mass is 422 g/mol. The number of anilines is 2. The second-order valence-electron chi connectivity index (χ2n) is 8.02. The summed E-state index contributed by atoms with van der Waals surface area (Å²) in [5, 5.41) is 0.735. The largest absolute Gasteiger partial charge is 0.487 e. The lowest BCUT2D eigenvalue weighted by Gasteiger charge is -2.32. The fourth-order valence-electron chi connectivity index (χ4n) is 4.55. The number of fused-ring (bicyclic) bond motifs is 2. The molecule has 2 aliphatic heterocycles. The van der Waals surface area contributed by atoms with Crippen LogP contribution in [0, 0.1) is 5.82 Å². The van der Waals surface area contributed by atoms with Crippen molar-refractivity contribution in [2.75, 3.05) is 24.5 Å². The van der Waals surface area contributed by atoms with E-state index in [1.54, 1.807) is 12.1 Å². The van der Waals surface area contributed by atoms with Gasteiger partial charge in [-0.05, 0) is 54.8 Å². The average molecular weight is 423 g/mol. The molecule has 0 bridgehead atoms. The Hall–Kier alpha value is -2.56. The number of halogens is 2. The Bertz CT molecular complexity index is 1060. The minimum absolute atomic E-state index is 0.165. The molecule has 0 spiro atoms. The lowest BCUT2D eigenvalue weighted by atomic mass is 10.1. The van der Waals surface area contributed by atoms with Gasteiger partial charge in [-0.3, -0.25) is 0 Å². The van der Waals surface area contributed by atoms with E-state index in [4.69, 9.17) is 16.3 Å². The summed E-state index contributed by atoms with van der Waals surface area (Å²) in [5.41, 5.74) is 4.41. The predicted octanol–water partition coefficient (Wildman–Crippen LogP) is 5.83. The number of hydrogen-bond donors (Lipinski definition) is 0. The van der Waals surface area contributed by atoms with E-state index in [2.05, 4.69) is 34.1 Å². The third-order valence-electron chi connectivity index (χ3n) is 6.03. The number of rotatable bonds is 4. The molecule has 0 radical (unpaired) electrons. The van der Waals surface area contributed by atoms with E-state index in [0.717, 1.165) is 65.7 Å². The molecule has 0 aliphatic carbocycles. The molecule has 0 amide bonds. The highest BCUT2D eigenvalue weighted by Gasteiger charge is 2.32. The van der Waals surface area contributed by atoms with Gasteiger partial charge < -0.3 is 14.5 Å². The summed E-state index contributed by atoms with van der Waals surface area (Å²) in [7, 11) is 0. The SMILES string of the molecule is Fc1cccc(CCN2CCC(N3c4cc(Cl)ccc4COc4ccccc43)C2)c1. The number of para-hydroxylation sites is 2. The second kappa shape index (κ2) is 8.29. The van der Waals surface area contributed by atoms with Crippen molar-refractivity contribution in [1.29, 1.82) is 0 Å². The number of likely N-dealkylation sites (tertiary alicyclic amines) is 1. The van der Waals surface area contributed by atoms with Crippen LogP contribution < -0.4 is 9.64 Å². The molecule has 154 valence electrons. The maximum atomic E-state index is 13.5. The minimum atomic E-state index is -0.165. The average Bonchev–Trinajstić information content (AvgIpc) is 3.15. The molecular formula is C25H24ClFN2O. The summed E-state index contributed by atoms with van der Waals surface area (Å²) in [6.45, 7) is 3.44. The van der Waals surface area contributed by atoms with Crippen molar-refractivity contribution in [3.63, 3.8) is 0 Å². The van der Waals surface area contributed by atoms with Crippen LogP contribution in [0.1, 0.15) is 17.5 Å². The molecule has 3 nitrogen and oxygen atoms in total. The number of hydrogen-bond acceptors (Lipinski definition) is 3. The van der Waals surface area contributed by atoms with Gasteiger partial charge in [0.25, 0.3) is 0 Å². The van der Waals surface area contributed by atoms with Gasteiger partial charge in [0.05, 0.1) is 5.69 Å². The first kappa shape index (κ1) is 19.4. The van der Waals surface area contributed by atoms with Crippen LogP contribution in [0.25, 0.3) is 0 Å². The molecule has 1 fully saturated rings. The van der Waals surface area contributed by atoms with Crippen LogP contribution in [0.5, 0.6) is 5.75 Å². The molecule has 1 unspecified atom stereocenters. The van der Waals surface area contributed by atoms with E-state index in [0.29, 0.717) is 12.6 Å². The molecule has 0 N–H and O–H groups in total. The van der Waals surface area contributed by atoms with Gasteiger partial charge in [-0.15, -0.1) is 0 Å². The van der Waals surface area contributed by atoms with Crippen LogP contribution >= 0.6 is 11.6 Å². The normalized spacial score (nSPS) is 18.5. The minimum Gasteiger partial charge on any atom is -0.487 e. The number of ether oxygens (including phenoxy) is 1. The van der Waals surface area contributed by atoms with Gasteiger partial charge in [0.15, 0.2) is 0 Å². The lowest BCUT2D eigenvalue weighted by molar-refractivity contribution is 0.310. The molecule has 3 aromatic rings. The molecule has 5 rings (SSSR count). The van der Waals surface area contributed by atoms with E-state index >= 15 is 0 Å². The Balaban J connectivity index is 1.39. The molecule has 30 heavy (non-hydrogen) atoms. The van der Waals surface area contributed by atoms with Gasteiger partial charge in [0.1, 0.15) is 18.2 Å². The first-order valence-corrected chi connectivity index (χ1v) is 10.8. The Kier molecular flexibility index (Phi) is 5.36. The van der Waals surface area contributed by atoms with Crippen molar-refractivity contribution >= 4 is 23.0 Å². The molecule has 0 aromatic heterocycles. The van der Waals surface area contributed by atoms with E-state index in [1.165, 1.54) is 6.07 Å². The topological polar surface area (TPSA) is 15.7 Å². The standard InChI is InChI=1S/C25H24ClFN2O/c26-20-9-8-19-17-30-25-7-2-1-6-23(25)29(24(19)15-20)22-11-13-28(16-22)12-10-18-4-3-5-21(27)14-18/h1-9,14-15,22H,10-13,16-17H2. The highest BCUT2D eigenvalue weighted by atomic mass is 35.5. The zero-order valence-corrected chi connectivity index (χ0v) is 17.5. The third-order valence-corrected chi connectivity index (χ3v) is 6.27. The quantitative estimate of drug-likeness (QED) is 0.526. The summed E-state index contributed by atoms with van der Waals surface area (Å²) in [4.78, 5) is 4.87. The van der Waals surface area contributed by atoms with E-state index < -0.39 is 0 Å². The van der Waals surface area contributed by atoms with Gasteiger partial charge in [-0.2, -0.15) is 0 Å². The maximum Gasteiger partial charge on any atom is 0.143 e. The zero-order chi connectivity index (χ0) is 20.5. The highest BCUT2D eigenvalue weighted by molar-refractivity contribution is 6.30. The third kappa shape index (κ3) is 3.90. The van der Waals surface area contributed by atoms with Gasteiger partial charge in [0, 0.05) is 41.9 Å². The van der Waals surface area contributed by atoms with Crippen LogP contribution in [0.4, 0.5) is 15.8 Å². The highest BCUT2D eigenvalue weighted by Crippen LogP contribution is 2.43. The van der Waals surface area contributed by atoms with Crippen molar-refractivity contribution in [2.45, 2.75) is 25.5 Å². The van der Waals surface area contributed by atoms with Crippen molar-refractivity contribution in [3.05, 3.63) is 88.7 Å². The summed E-state index contributed by atoms with van der Waals surface area (Å²) in [6, 6.07) is 21.5. The molecular weight excluding hydrogens is 399 g/mol.